The third-order valence-corrected chi connectivity index (χ3v) is 4.17. The first-order chi connectivity index (χ1) is 11.1. The summed E-state index contributed by atoms with van der Waals surface area (Å²) in [6.45, 7) is 7.98. The molecule has 1 fully saturated rings. The Morgan fingerprint density at radius 2 is 2.26 bits per heavy atom. The highest BCUT2D eigenvalue weighted by Gasteiger charge is 2.15. The van der Waals surface area contributed by atoms with E-state index in [1.807, 2.05) is 18.7 Å². The lowest BCUT2D eigenvalue weighted by molar-refractivity contribution is 0.0420. The lowest BCUT2D eigenvalue weighted by atomic mass is 10.2. The predicted octanol–water partition coefficient (Wildman–Crippen LogP) is 0.898. The van der Waals surface area contributed by atoms with Gasteiger partial charge in [-0.3, -0.25) is 9.67 Å². The molecule has 0 aliphatic carbocycles. The molecule has 7 nitrogen and oxygen atoms in total. The zero-order chi connectivity index (χ0) is 16.7. The number of rotatable bonds is 7. The molecule has 2 heterocycles. The van der Waals surface area contributed by atoms with Gasteiger partial charge in [0.25, 0.3) is 0 Å². The first-order valence-corrected chi connectivity index (χ1v) is 8.24. The van der Waals surface area contributed by atoms with Gasteiger partial charge in [0, 0.05) is 51.7 Å². The second-order valence-electron chi connectivity index (χ2n) is 5.84. The summed E-state index contributed by atoms with van der Waals surface area (Å²) < 4.78 is 12.9. The molecule has 1 aromatic heterocycles. The maximum atomic E-state index is 5.75. The number of nitrogens with one attached hydrogen (secondary N) is 2. The lowest BCUT2D eigenvalue weighted by Crippen LogP contribution is -2.37. The second kappa shape index (κ2) is 8.88. The van der Waals surface area contributed by atoms with E-state index in [2.05, 4.69) is 27.6 Å². The Morgan fingerprint density at radius 3 is 2.87 bits per heavy atom. The number of hydrogen-bond donors (Lipinski definition) is 2. The van der Waals surface area contributed by atoms with E-state index in [1.165, 1.54) is 11.3 Å². The van der Waals surface area contributed by atoms with Crippen LogP contribution in [0.25, 0.3) is 0 Å². The van der Waals surface area contributed by atoms with Gasteiger partial charge in [0.05, 0.1) is 18.4 Å². The summed E-state index contributed by atoms with van der Waals surface area (Å²) in [4.78, 5) is 4.25. The molecule has 0 aromatic carbocycles. The standard InChI is InChI=1S/C16H29N5O2/c1-12-15(13(2)21(4)20-12)10-19-16(17-3)18-7-5-8-23-14-6-9-22-11-14/h14H,5-11H2,1-4H3,(H2,17,18,19). The minimum absolute atomic E-state index is 0.281. The van der Waals surface area contributed by atoms with Crippen molar-refractivity contribution in [2.75, 3.05) is 33.4 Å². The molecule has 0 saturated carbocycles. The van der Waals surface area contributed by atoms with Crippen LogP contribution in [-0.4, -0.2) is 55.3 Å². The fourth-order valence-corrected chi connectivity index (χ4v) is 2.64. The molecule has 1 unspecified atom stereocenters. The highest BCUT2D eigenvalue weighted by molar-refractivity contribution is 5.79. The Balaban J connectivity index is 1.65. The van der Waals surface area contributed by atoms with Gasteiger partial charge in [-0.2, -0.15) is 5.10 Å². The normalized spacial score (nSPS) is 18.4. The van der Waals surface area contributed by atoms with E-state index >= 15 is 0 Å². The average molecular weight is 323 g/mol. The van der Waals surface area contributed by atoms with Crippen LogP contribution in [0.3, 0.4) is 0 Å². The topological polar surface area (TPSA) is 72.7 Å². The first-order valence-electron chi connectivity index (χ1n) is 8.24. The van der Waals surface area contributed by atoms with Gasteiger partial charge in [0.2, 0.25) is 0 Å². The second-order valence-corrected chi connectivity index (χ2v) is 5.84. The molecule has 0 radical (unpaired) electrons. The minimum Gasteiger partial charge on any atom is -0.379 e. The van der Waals surface area contributed by atoms with Crippen molar-refractivity contribution >= 4 is 5.96 Å². The molecular formula is C16H29N5O2. The zero-order valence-electron chi connectivity index (χ0n) is 14.7. The summed E-state index contributed by atoms with van der Waals surface area (Å²) in [6.07, 6.45) is 2.24. The molecule has 0 bridgehead atoms. The van der Waals surface area contributed by atoms with Gasteiger partial charge in [-0.15, -0.1) is 0 Å². The van der Waals surface area contributed by atoms with E-state index in [4.69, 9.17) is 9.47 Å². The molecule has 130 valence electrons. The number of hydrogen-bond acceptors (Lipinski definition) is 4. The van der Waals surface area contributed by atoms with Crippen molar-refractivity contribution < 1.29 is 9.47 Å². The van der Waals surface area contributed by atoms with Crippen LogP contribution in [0.5, 0.6) is 0 Å². The van der Waals surface area contributed by atoms with Gasteiger partial charge in [-0.25, -0.2) is 0 Å². The highest BCUT2D eigenvalue weighted by Crippen LogP contribution is 2.11. The summed E-state index contributed by atoms with van der Waals surface area (Å²) >= 11 is 0. The smallest absolute Gasteiger partial charge is 0.191 e. The monoisotopic (exact) mass is 323 g/mol. The molecule has 1 aromatic rings. The van der Waals surface area contributed by atoms with Crippen molar-refractivity contribution in [2.45, 2.75) is 39.3 Å². The molecular weight excluding hydrogens is 294 g/mol. The molecule has 2 rings (SSSR count). The number of aliphatic imine (C=N–C) groups is 1. The summed E-state index contributed by atoms with van der Waals surface area (Å²) in [5.74, 6) is 0.803. The van der Waals surface area contributed by atoms with Crippen molar-refractivity contribution in [2.24, 2.45) is 12.0 Å². The van der Waals surface area contributed by atoms with Crippen molar-refractivity contribution in [3.8, 4) is 0 Å². The van der Waals surface area contributed by atoms with Crippen LogP contribution in [0, 0.1) is 13.8 Å². The third kappa shape index (κ3) is 5.21. The Bertz CT molecular complexity index is 521. The SMILES string of the molecule is CN=C(NCCCOC1CCOC1)NCc1c(C)nn(C)c1C. The number of ether oxygens (including phenoxy) is 2. The van der Waals surface area contributed by atoms with Crippen LogP contribution in [-0.2, 0) is 23.1 Å². The van der Waals surface area contributed by atoms with E-state index in [0.717, 1.165) is 57.4 Å². The Labute approximate surface area is 138 Å². The molecule has 1 saturated heterocycles. The first kappa shape index (κ1) is 17.7. The van der Waals surface area contributed by atoms with Crippen molar-refractivity contribution in [1.82, 2.24) is 20.4 Å². The lowest BCUT2D eigenvalue weighted by Gasteiger charge is -2.13. The maximum absolute atomic E-state index is 5.75. The summed E-state index contributed by atoms with van der Waals surface area (Å²) in [6, 6.07) is 0. The Morgan fingerprint density at radius 1 is 1.43 bits per heavy atom. The minimum atomic E-state index is 0.281. The van der Waals surface area contributed by atoms with Crippen LogP contribution in [0.1, 0.15) is 29.8 Å². The van der Waals surface area contributed by atoms with E-state index in [0.29, 0.717) is 0 Å². The maximum Gasteiger partial charge on any atom is 0.191 e. The van der Waals surface area contributed by atoms with E-state index in [-0.39, 0.29) is 6.10 Å². The van der Waals surface area contributed by atoms with Gasteiger partial charge in [0.15, 0.2) is 5.96 Å². The quantitative estimate of drug-likeness (QED) is 0.443. The third-order valence-electron chi connectivity index (χ3n) is 4.17. The number of guanidine groups is 1. The fourth-order valence-electron chi connectivity index (χ4n) is 2.64. The van der Waals surface area contributed by atoms with Gasteiger partial charge in [-0.05, 0) is 26.7 Å². The van der Waals surface area contributed by atoms with Crippen LogP contribution >= 0.6 is 0 Å². The van der Waals surface area contributed by atoms with Crippen LogP contribution in [0.2, 0.25) is 0 Å². The molecule has 2 N–H and O–H groups in total. The Kier molecular flexibility index (Phi) is 6.85. The van der Waals surface area contributed by atoms with Gasteiger partial charge in [-0.1, -0.05) is 0 Å². The zero-order valence-corrected chi connectivity index (χ0v) is 14.7. The van der Waals surface area contributed by atoms with E-state index < -0.39 is 0 Å². The number of nitrogens with zero attached hydrogens (tertiary/aromatic N) is 3. The van der Waals surface area contributed by atoms with Crippen molar-refractivity contribution in [1.29, 1.82) is 0 Å². The van der Waals surface area contributed by atoms with E-state index in [9.17, 15) is 0 Å². The molecule has 0 amide bonds. The summed E-state index contributed by atoms with van der Waals surface area (Å²) in [7, 11) is 3.75. The van der Waals surface area contributed by atoms with Crippen molar-refractivity contribution in [3.63, 3.8) is 0 Å². The molecule has 1 atom stereocenters. The molecule has 1 aliphatic heterocycles. The van der Waals surface area contributed by atoms with Gasteiger partial charge in [0.1, 0.15) is 0 Å². The van der Waals surface area contributed by atoms with Crippen LogP contribution in [0.15, 0.2) is 4.99 Å². The molecule has 7 heteroatoms. The van der Waals surface area contributed by atoms with Crippen LogP contribution < -0.4 is 10.6 Å². The van der Waals surface area contributed by atoms with Crippen LogP contribution in [0.4, 0.5) is 0 Å². The van der Waals surface area contributed by atoms with E-state index in [1.54, 1.807) is 7.05 Å². The highest BCUT2D eigenvalue weighted by atomic mass is 16.5. The molecule has 23 heavy (non-hydrogen) atoms. The van der Waals surface area contributed by atoms with Gasteiger partial charge >= 0.3 is 0 Å². The molecule has 1 aliphatic rings. The number of aryl methyl sites for hydroxylation is 2. The largest absolute Gasteiger partial charge is 0.379 e. The fraction of sp³-hybridized carbons (Fsp3) is 0.750. The Hall–Kier alpha value is -1.60. The predicted molar refractivity (Wildman–Crippen MR) is 90.7 cm³/mol. The number of aromatic nitrogens is 2. The van der Waals surface area contributed by atoms with Gasteiger partial charge < -0.3 is 20.1 Å². The summed E-state index contributed by atoms with van der Waals surface area (Å²) in [5.41, 5.74) is 3.46. The molecule has 0 spiro atoms. The summed E-state index contributed by atoms with van der Waals surface area (Å²) in [5, 5.41) is 11.1. The van der Waals surface area contributed by atoms with Crippen molar-refractivity contribution in [3.05, 3.63) is 17.0 Å². The average Bonchev–Trinajstić information content (AvgIpc) is 3.13.